The van der Waals surface area contributed by atoms with Gasteiger partial charge in [-0.2, -0.15) is 0 Å². The van der Waals surface area contributed by atoms with E-state index in [1.165, 1.54) is 0 Å². The molecule has 2 heterocycles. The van der Waals surface area contributed by atoms with E-state index in [9.17, 15) is 0 Å². The first-order chi connectivity index (χ1) is 6.76. The number of nitrogens with zero attached hydrogens (tertiary/aromatic N) is 2. The first-order valence-electron chi connectivity index (χ1n) is 4.46. The molecule has 2 rings (SSSR count). The van der Waals surface area contributed by atoms with Gasteiger partial charge in [0, 0.05) is 6.42 Å². The zero-order valence-corrected chi connectivity index (χ0v) is 9.71. The molecule has 0 amide bonds. The number of ether oxygens (including phenoxy) is 1. The highest BCUT2D eigenvalue weighted by atomic mass is 79.9. The number of aryl methyl sites for hydroxylation is 1. The van der Waals surface area contributed by atoms with E-state index in [2.05, 4.69) is 27.8 Å². The molecule has 74 valence electrons. The van der Waals surface area contributed by atoms with Gasteiger partial charge in [-0.3, -0.25) is 4.40 Å². The maximum atomic E-state index is 5.17. The number of rotatable bonds is 2. The molecule has 0 aliphatic rings. The number of imidazole rings is 1. The van der Waals surface area contributed by atoms with Gasteiger partial charge in [-0.25, -0.2) is 4.98 Å². The molecule has 0 bridgehead atoms. The molecule has 0 saturated heterocycles. The van der Waals surface area contributed by atoms with Crippen LogP contribution in [-0.2, 0) is 6.42 Å². The fourth-order valence-corrected chi connectivity index (χ4v) is 1.99. The zero-order chi connectivity index (χ0) is 10.1. The number of fused-ring (bicyclic) bond motifs is 1. The average molecular weight is 255 g/mol. The smallest absolute Gasteiger partial charge is 0.135 e. The van der Waals surface area contributed by atoms with Crippen molar-refractivity contribution in [2.24, 2.45) is 0 Å². The lowest BCUT2D eigenvalue weighted by Crippen LogP contribution is -1.93. The van der Waals surface area contributed by atoms with Gasteiger partial charge in [0.2, 0.25) is 0 Å². The Kier molecular flexibility index (Phi) is 2.46. The van der Waals surface area contributed by atoms with Crippen LogP contribution in [0.4, 0.5) is 0 Å². The van der Waals surface area contributed by atoms with Crippen LogP contribution in [-0.4, -0.2) is 16.5 Å². The number of methoxy groups -OCH3 is 1. The standard InChI is InChI=1S/C10H11BrN2O/c1-3-9-12-10(11)8-5-4-7(14-2)6-13(8)9/h4-6H,3H2,1-2H3. The highest BCUT2D eigenvalue weighted by molar-refractivity contribution is 9.10. The van der Waals surface area contributed by atoms with E-state index in [1.54, 1.807) is 7.11 Å². The fourth-order valence-electron chi connectivity index (χ4n) is 1.46. The summed E-state index contributed by atoms with van der Waals surface area (Å²) in [6, 6.07) is 3.93. The molecule has 4 heteroatoms. The van der Waals surface area contributed by atoms with Crippen molar-refractivity contribution in [3.05, 3.63) is 28.8 Å². The average Bonchev–Trinajstić information content (AvgIpc) is 2.55. The van der Waals surface area contributed by atoms with Crippen LogP contribution in [0.15, 0.2) is 22.9 Å². The summed E-state index contributed by atoms with van der Waals surface area (Å²) in [6.45, 7) is 2.08. The third kappa shape index (κ3) is 1.39. The number of hydrogen-bond donors (Lipinski definition) is 0. The Balaban J connectivity index is 2.71. The first-order valence-corrected chi connectivity index (χ1v) is 5.26. The molecular formula is C10H11BrN2O. The number of hydrogen-bond acceptors (Lipinski definition) is 2. The molecule has 14 heavy (non-hydrogen) atoms. The molecule has 0 fully saturated rings. The van der Waals surface area contributed by atoms with Gasteiger partial charge in [0.05, 0.1) is 18.8 Å². The lowest BCUT2D eigenvalue weighted by atomic mass is 10.4. The third-order valence-electron chi connectivity index (χ3n) is 2.19. The quantitative estimate of drug-likeness (QED) is 0.824. The van der Waals surface area contributed by atoms with Crippen LogP contribution in [0.2, 0.25) is 0 Å². The molecule has 3 nitrogen and oxygen atoms in total. The van der Waals surface area contributed by atoms with Crippen molar-refractivity contribution in [3.63, 3.8) is 0 Å². The van der Waals surface area contributed by atoms with Crippen LogP contribution in [0, 0.1) is 0 Å². The van der Waals surface area contributed by atoms with Crippen LogP contribution >= 0.6 is 15.9 Å². The minimum Gasteiger partial charge on any atom is -0.495 e. The minimum absolute atomic E-state index is 0.845. The summed E-state index contributed by atoms with van der Waals surface area (Å²) < 4.78 is 8.10. The maximum absolute atomic E-state index is 5.17. The van der Waals surface area contributed by atoms with Crippen molar-refractivity contribution in [3.8, 4) is 5.75 Å². The Morgan fingerprint density at radius 2 is 2.29 bits per heavy atom. The number of aromatic nitrogens is 2. The number of pyridine rings is 1. The second kappa shape index (κ2) is 3.61. The van der Waals surface area contributed by atoms with Gasteiger partial charge in [-0.05, 0) is 28.1 Å². The van der Waals surface area contributed by atoms with Gasteiger partial charge in [0.1, 0.15) is 16.2 Å². The lowest BCUT2D eigenvalue weighted by Gasteiger charge is -2.02. The molecule has 2 aromatic rings. The van der Waals surface area contributed by atoms with E-state index in [1.807, 2.05) is 22.7 Å². The van der Waals surface area contributed by atoms with E-state index in [-0.39, 0.29) is 0 Å². The van der Waals surface area contributed by atoms with Gasteiger partial charge in [0.25, 0.3) is 0 Å². The van der Waals surface area contributed by atoms with Crippen molar-refractivity contribution < 1.29 is 4.74 Å². The second-order valence-electron chi connectivity index (χ2n) is 3.00. The second-order valence-corrected chi connectivity index (χ2v) is 3.75. The highest BCUT2D eigenvalue weighted by Gasteiger charge is 2.07. The molecule has 0 aliphatic heterocycles. The van der Waals surface area contributed by atoms with Gasteiger partial charge < -0.3 is 4.74 Å². The predicted octanol–water partition coefficient (Wildman–Crippen LogP) is 2.67. The SMILES string of the molecule is CCc1nc(Br)c2ccc(OC)cn12. The minimum atomic E-state index is 0.845. The molecule has 0 aliphatic carbocycles. The summed E-state index contributed by atoms with van der Waals surface area (Å²) in [6.07, 6.45) is 2.85. The van der Waals surface area contributed by atoms with Crippen LogP contribution < -0.4 is 4.74 Å². The maximum Gasteiger partial charge on any atom is 0.135 e. The van der Waals surface area contributed by atoms with Crippen molar-refractivity contribution in [2.45, 2.75) is 13.3 Å². The van der Waals surface area contributed by atoms with Gasteiger partial charge in [-0.15, -0.1) is 0 Å². The van der Waals surface area contributed by atoms with Crippen LogP contribution in [0.5, 0.6) is 5.75 Å². The summed E-state index contributed by atoms with van der Waals surface area (Å²) in [4.78, 5) is 4.41. The van der Waals surface area contributed by atoms with Crippen molar-refractivity contribution >= 4 is 21.4 Å². The number of halogens is 1. The van der Waals surface area contributed by atoms with Gasteiger partial charge in [-0.1, -0.05) is 6.92 Å². The topological polar surface area (TPSA) is 26.5 Å². The monoisotopic (exact) mass is 254 g/mol. The molecule has 0 radical (unpaired) electrons. The Hall–Kier alpha value is -1.03. The normalized spacial score (nSPS) is 10.8. The van der Waals surface area contributed by atoms with Gasteiger partial charge >= 0.3 is 0 Å². The van der Waals surface area contributed by atoms with E-state index in [0.29, 0.717) is 0 Å². The van der Waals surface area contributed by atoms with E-state index < -0.39 is 0 Å². The highest BCUT2D eigenvalue weighted by Crippen LogP contribution is 2.22. The molecule has 0 aromatic carbocycles. The molecule has 0 saturated carbocycles. The largest absolute Gasteiger partial charge is 0.495 e. The van der Waals surface area contributed by atoms with E-state index in [4.69, 9.17) is 4.74 Å². The van der Waals surface area contributed by atoms with Gasteiger partial charge in [0.15, 0.2) is 0 Å². The zero-order valence-electron chi connectivity index (χ0n) is 8.12. The molecular weight excluding hydrogens is 244 g/mol. The summed E-state index contributed by atoms with van der Waals surface area (Å²) >= 11 is 3.43. The Bertz CT molecular complexity index is 464. The van der Waals surface area contributed by atoms with Crippen molar-refractivity contribution in [1.82, 2.24) is 9.38 Å². The fraction of sp³-hybridized carbons (Fsp3) is 0.300. The molecule has 0 atom stereocenters. The van der Waals surface area contributed by atoms with E-state index >= 15 is 0 Å². The molecule has 2 aromatic heterocycles. The predicted molar refractivity (Wildman–Crippen MR) is 58.8 cm³/mol. The van der Waals surface area contributed by atoms with E-state index in [0.717, 1.165) is 28.1 Å². The van der Waals surface area contributed by atoms with Crippen LogP contribution in [0.1, 0.15) is 12.7 Å². The van der Waals surface area contributed by atoms with Crippen molar-refractivity contribution in [1.29, 1.82) is 0 Å². The Labute approximate surface area is 90.8 Å². The van der Waals surface area contributed by atoms with Crippen LogP contribution in [0.3, 0.4) is 0 Å². The molecule has 0 unspecified atom stereocenters. The molecule has 0 spiro atoms. The Morgan fingerprint density at radius 1 is 1.50 bits per heavy atom. The summed E-state index contributed by atoms with van der Waals surface area (Å²) in [7, 11) is 1.67. The summed E-state index contributed by atoms with van der Waals surface area (Å²) in [5.74, 6) is 1.88. The third-order valence-corrected chi connectivity index (χ3v) is 2.77. The van der Waals surface area contributed by atoms with Crippen LogP contribution in [0.25, 0.3) is 5.52 Å². The summed E-state index contributed by atoms with van der Waals surface area (Å²) in [5.41, 5.74) is 1.07. The molecule has 0 N–H and O–H groups in total. The Morgan fingerprint density at radius 3 is 2.93 bits per heavy atom. The first kappa shape index (κ1) is 9.52. The van der Waals surface area contributed by atoms with Crippen molar-refractivity contribution in [2.75, 3.05) is 7.11 Å². The lowest BCUT2D eigenvalue weighted by molar-refractivity contribution is 0.412. The summed E-state index contributed by atoms with van der Waals surface area (Å²) in [5, 5.41) is 0.